The van der Waals surface area contributed by atoms with Gasteiger partial charge in [0, 0.05) is 42.3 Å². The molecule has 3 aliphatic rings. The molecule has 6 rings (SSSR count). The number of hydrogen-bond donors (Lipinski definition) is 2. The minimum absolute atomic E-state index is 0.308. The fourth-order valence-corrected chi connectivity index (χ4v) is 6.68. The highest BCUT2D eigenvalue weighted by Crippen LogP contribution is 2.39. The molecule has 0 bridgehead atoms. The van der Waals surface area contributed by atoms with E-state index < -0.39 is 0 Å². The normalized spacial score (nSPS) is 23.5. The van der Waals surface area contributed by atoms with Crippen molar-refractivity contribution in [3.05, 3.63) is 22.8 Å². The van der Waals surface area contributed by atoms with Crippen LogP contribution >= 0.6 is 11.3 Å². The lowest BCUT2D eigenvalue weighted by Gasteiger charge is -2.39. The summed E-state index contributed by atoms with van der Waals surface area (Å²) in [5, 5.41) is 12.9. The van der Waals surface area contributed by atoms with E-state index in [1.54, 1.807) is 11.3 Å². The minimum atomic E-state index is 0.308. The highest BCUT2D eigenvalue weighted by atomic mass is 32.1. The molecule has 0 aromatic carbocycles. The van der Waals surface area contributed by atoms with Crippen LogP contribution < -0.4 is 10.6 Å². The molecule has 0 unspecified atom stereocenters. The van der Waals surface area contributed by atoms with Gasteiger partial charge in [0.15, 0.2) is 0 Å². The van der Waals surface area contributed by atoms with Crippen molar-refractivity contribution in [2.24, 2.45) is 0 Å². The average Bonchev–Trinajstić information content (AvgIpc) is 3.50. The Morgan fingerprint density at radius 3 is 2.66 bits per heavy atom. The Bertz CT molecular complexity index is 1160. The first-order chi connectivity index (χ1) is 17.1. The predicted octanol–water partition coefficient (Wildman–Crippen LogP) is 4.34. The SMILES string of the molecule is CC(C)n1cc(Nc2nc(N[C@H]3CC[C@H](N4CCOCC4)CC3)c3c4c(sc3n2)COCC4)cn1. The molecule has 0 atom stereocenters. The van der Waals surface area contributed by atoms with E-state index in [1.807, 2.05) is 17.1 Å². The minimum Gasteiger partial charge on any atom is -0.379 e. The van der Waals surface area contributed by atoms with Gasteiger partial charge in [-0.3, -0.25) is 9.58 Å². The van der Waals surface area contributed by atoms with E-state index in [1.165, 1.54) is 28.7 Å². The second-order valence-electron chi connectivity index (χ2n) is 10.1. The molecular formula is C25H35N7O2S. The summed E-state index contributed by atoms with van der Waals surface area (Å²) in [5.41, 5.74) is 2.26. The number of aromatic nitrogens is 4. The van der Waals surface area contributed by atoms with Crippen molar-refractivity contribution in [3.8, 4) is 0 Å². The zero-order chi connectivity index (χ0) is 23.8. The van der Waals surface area contributed by atoms with Gasteiger partial charge in [-0.1, -0.05) is 0 Å². The maximum Gasteiger partial charge on any atom is 0.230 e. The van der Waals surface area contributed by atoms with E-state index in [9.17, 15) is 0 Å². The number of thiophene rings is 1. The first-order valence-electron chi connectivity index (χ1n) is 12.9. The third-order valence-corrected chi connectivity index (χ3v) is 8.55. The molecule has 3 aromatic heterocycles. The molecule has 1 aliphatic carbocycles. The van der Waals surface area contributed by atoms with Crippen molar-refractivity contribution in [2.75, 3.05) is 43.5 Å². The van der Waals surface area contributed by atoms with Crippen LogP contribution in [0.25, 0.3) is 10.2 Å². The summed E-state index contributed by atoms with van der Waals surface area (Å²) in [7, 11) is 0. The van der Waals surface area contributed by atoms with Crippen molar-refractivity contribution in [2.45, 2.75) is 70.7 Å². The lowest BCUT2D eigenvalue weighted by Crippen LogP contribution is -2.46. The maximum atomic E-state index is 5.74. The molecule has 0 spiro atoms. The van der Waals surface area contributed by atoms with Gasteiger partial charge in [0.1, 0.15) is 10.6 Å². The second kappa shape index (κ2) is 10.0. The molecule has 3 aromatic rings. The smallest absolute Gasteiger partial charge is 0.230 e. The predicted molar refractivity (Wildman–Crippen MR) is 139 cm³/mol. The number of rotatable bonds is 6. The number of anilines is 3. The van der Waals surface area contributed by atoms with Gasteiger partial charge in [-0.15, -0.1) is 11.3 Å². The van der Waals surface area contributed by atoms with Crippen LogP contribution in [0.1, 0.15) is 56.0 Å². The zero-order valence-electron chi connectivity index (χ0n) is 20.6. The molecule has 10 heteroatoms. The topological polar surface area (TPSA) is 89.4 Å². The lowest BCUT2D eigenvalue weighted by molar-refractivity contribution is 0.00791. The van der Waals surface area contributed by atoms with Gasteiger partial charge < -0.3 is 20.1 Å². The van der Waals surface area contributed by atoms with Gasteiger partial charge >= 0.3 is 0 Å². The number of ether oxygens (including phenoxy) is 2. The molecule has 2 N–H and O–H groups in total. The van der Waals surface area contributed by atoms with Crippen molar-refractivity contribution in [3.63, 3.8) is 0 Å². The molecule has 9 nitrogen and oxygen atoms in total. The van der Waals surface area contributed by atoms with Gasteiger partial charge in [0.05, 0.1) is 43.7 Å². The van der Waals surface area contributed by atoms with Crippen LogP contribution in [0, 0.1) is 0 Å². The number of fused-ring (bicyclic) bond motifs is 3. The quantitative estimate of drug-likeness (QED) is 0.520. The average molecular weight is 498 g/mol. The van der Waals surface area contributed by atoms with E-state index in [0.29, 0.717) is 30.7 Å². The number of nitrogens with zero attached hydrogens (tertiary/aromatic N) is 5. The monoisotopic (exact) mass is 497 g/mol. The van der Waals surface area contributed by atoms with Crippen LogP contribution in [0.4, 0.5) is 17.5 Å². The Labute approximate surface area is 210 Å². The molecule has 5 heterocycles. The van der Waals surface area contributed by atoms with Crippen LogP contribution in [0.2, 0.25) is 0 Å². The van der Waals surface area contributed by atoms with Crippen LogP contribution in [-0.4, -0.2) is 69.6 Å². The molecule has 188 valence electrons. The van der Waals surface area contributed by atoms with Crippen LogP contribution in [0.15, 0.2) is 12.4 Å². The maximum absolute atomic E-state index is 5.74. The highest BCUT2D eigenvalue weighted by Gasteiger charge is 2.28. The summed E-state index contributed by atoms with van der Waals surface area (Å²) in [6, 6.07) is 1.42. The third-order valence-electron chi connectivity index (χ3n) is 7.45. The first kappa shape index (κ1) is 23.1. The van der Waals surface area contributed by atoms with Crippen LogP contribution in [-0.2, 0) is 22.5 Å². The fraction of sp³-hybridized carbons (Fsp3) is 0.640. The van der Waals surface area contributed by atoms with Crippen LogP contribution in [0.5, 0.6) is 0 Å². The Morgan fingerprint density at radius 2 is 1.89 bits per heavy atom. The largest absolute Gasteiger partial charge is 0.379 e. The standard InChI is InChI=1S/C25H35N7O2S/c1-16(2)32-14-18(13-26-32)28-25-29-23(22-20-7-10-34-15-21(20)35-24(22)30-25)27-17-3-5-19(6-4-17)31-8-11-33-12-9-31/h13-14,16-17,19H,3-12,15H2,1-2H3,(H2,27,28,29,30)/t17-,19-. The molecule has 35 heavy (non-hydrogen) atoms. The van der Waals surface area contributed by atoms with Crippen molar-refractivity contribution in [1.29, 1.82) is 0 Å². The molecular weight excluding hydrogens is 462 g/mol. The Morgan fingerprint density at radius 1 is 1.06 bits per heavy atom. The molecule has 1 saturated heterocycles. The molecule has 2 aliphatic heterocycles. The molecule has 0 amide bonds. The first-order valence-corrected chi connectivity index (χ1v) is 13.7. The van der Waals surface area contributed by atoms with Crippen molar-refractivity contribution >= 4 is 39.0 Å². The van der Waals surface area contributed by atoms with Crippen molar-refractivity contribution < 1.29 is 9.47 Å². The van der Waals surface area contributed by atoms with E-state index >= 15 is 0 Å². The second-order valence-corrected chi connectivity index (χ2v) is 11.2. The summed E-state index contributed by atoms with van der Waals surface area (Å²) in [5.74, 6) is 1.58. The summed E-state index contributed by atoms with van der Waals surface area (Å²) < 4.78 is 13.2. The Hall–Kier alpha value is -2.27. The Balaban J connectivity index is 1.24. The van der Waals surface area contributed by atoms with Gasteiger partial charge in [0.2, 0.25) is 5.95 Å². The molecule has 1 saturated carbocycles. The van der Waals surface area contributed by atoms with Crippen LogP contribution in [0.3, 0.4) is 0 Å². The number of morpholine rings is 1. The van der Waals surface area contributed by atoms with Gasteiger partial charge in [-0.2, -0.15) is 10.1 Å². The number of hydrogen-bond acceptors (Lipinski definition) is 9. The van der Waals surface area contributed by atoms with Gasteiger partial charge in [0.25, 0.3) is 0 Å². The third kappa shape index (κ3) is 4.89. The lowest BCUT2D eigenvalue weighted by atomic mass is 9.90. The summed E-state index contributed by atoms with van der Waals surface area (Å²) in [6.07, 6.45) is 9.53. The summed E-state index contributed by atoms with van der Waals surface area (Å²) >= 11 is 1.73. The summed E-state index contributed by atoms with van der Waals surface area (Å²) in [4.78, 5) is 14.8. The van der Waals surface area contributed by atoms with E-state index in [0.717, 1.165) is 68.5 Å². The van der Waals surface area contributed by atoms with Crippen molar-refractivity contribution in [1.82, 2.24) is 24.6 Å². The Kier molecular flexibility index (Phi) is 6.62. The van der Waals surface area contributed by atoms with Gasteiger partial charge in [-0.25, -0.2) is 4.98 Å². The fourth-order valence-electron chi connectivity index (χ4n) is 5.52. The molecule has 2 fully saturated rings. The van der Waals surface area contributed by atoms with E-state index in [4.69, 9.17) is 19.4 Å². The van der Waals surface area contributed by atoms with E-state index in [2.05, 4.69) is 34.5 Å². The molecule has 0 radical (unpaired) electrons. The van der Waals surface area contributed by atoms with E-state index in [-0.39, 0.29) is 0 Å². The summed E-state index contributed by atoms with van der Waals surface area (Å²) in [6.45, 7) is 9.55. The van der Waals surface area contributed by atoms with Gasteiger partial charge in [-0.05, 0) is 51.5 Å². The number of nitrogens with one attached hydrogen (secondary N) is 2. The zero-order valence-corrected chi connectivity index (χ0v) is 21.4. The highest BCUT2D eigenvalue weighted by molar-refractivity contribution is 7.19.